The van der Waals surface area contributed by atoms with Gasteiger partial charge in [0.25, 0.3) is 0 Å². The Kier molecular flexibility index (Phi) is 4.74. The van der Waals surface area contributed by atoms with Gasteiger partial charge < -0.3 is 10.6 Å². The molecule has 0 saturated heterocycles. The van der Waals surface area contributed by atoms with Crippen LogP contribution < -0.4 is 10.6 Å². The van der Waals surface area contributed by atoms with Crippen LogP contribution in [0.4, 0.5) is 19.0 Å². The van der Waals surface area contributed by atoms with Gasteiger partial charge in [0.2, 0.25) is 0 Å². The minimum absolute atomic E-state index is 0.241. The highest BCUT2D eigenvalue weighted by Gasteiger charge is 2.32. The molecule has 0 aliphatic carbocycles. The number of hydrogen-bond acceptors (Lipinski definition) is 3. The third-order valence-corrected chi connectivity index (χ3v) is 2.02. The molecule has 0 bridgehead atoms. The van der Waals surface area contributed by atoms with Gasteiger partial charge in [-0.05, 0) is 12.1 Å². The number of nitrogens with one attached hydrogen (secondary N) is 2. The van der Waals surface area contributed by atoms with Crippen molar-refractivity contribution in [1.82, 2.24) is 10.3 Å². The molecule has 0 fully saturated rings. The summed E-state index contributed by atoms with van der Waals surface area (Å²) < 4.78 is 37.1. The van der Waals surface area contributed by atoms with Crippen LogP contribution >= 0.6 is 0 Å². The average Bonchev–Trinajstić information content (AvgIpc) is 2.23. The van der Waals surface area contributed by atoms with Gasteiger partial charge in [-0.25, -0.2) is 4.98 Å². The lowest BCUT2D eigenvalue weighted by Gasteiger charge is -2.11. The van der Waals surface area contributed by atoms with E-state index in [4.69, 9.17) is 0 Å². The Morgan fingerprint density at radius 2 is 1.94 bits per heavy atom. The molecular weight excluding hydrogens is 231 g/mol. The molecule has 17 heavy (non-hydrogen) atoms. The Morgan fingerprint density at radius 1 is 1.24 bits per heavy atom. The molecule has 0 aliphatic rings. The number of rotatable bonds is 5. The molecule has 1 rings (SSSR count). The fourth-order valence-corrected chi connectivity index (χ4v) is 1.24. The van der Waals surface area contributed by atoms with Crippen LogP contribution in [0.15, 0.2) is 18.2 Å². The topological polar surface area (TPSA) is 37.0 Å². The van der Waals surface area contributed by atoms with E-state index in [9.17, 15) is 13.2 Å². The molecule has 1 aromatic rings. The number of pyridine rings is 1. The molecule has 96 valence electrons. The number of halogens is 3. The molecule has 0 amide bonds. The first-order valence-electron chi connectivity index (χ1n) is 5.41. The van der Waals surface area contributed by atoms with Crippen molar-refractivity contribution in [2.24, 2.45) is 0 Å². The second-order valence-electron chi connectivity index (χ2n) is 3.94. The molecule has 0 saturated carbocycles. The second-order valence-corrected chi connectivity index (χ2v) is 3.94. The van der Waals surface area contributed by atoms with Crippen molar-refractivity contribution < 1.29 is 13.2 Å². The molecule has 1 aromatic heterocycles. The smallest absolute Gasteiger partial charge is 0.369 e. The Bertz CT molecular complexity index is 350. The summed E-state index contributed by atoms with van der Waals surface area (Å²) in [4.78, 5) is 3.50. The average molecular weight is 247 g/mol. The number of hydrogen-bond donors (Lipinski definition) is 2. The number of aromatic nitrogens is 1. The summed E-state index contributed by atoms with van der Waals surface area (Å²) in [6.45, 7) is 5.22. The fraction of sp³-hybridized carbons (Fsp3) is 0.545. The predicted octanol–water partition coefficient (Wildman–Crippen LogP) is 2.51. The lowest BCUT2D eigenvalue weighted by atomic mass is 10.3. The molecular formula is C11H16F3N3. The van der Waals surface area contributed by atoms with Gasteiger partial charge in [-0.3, -0.25) is 0 Å². The van der Waals surface area contributed by atoms with Gasteiger partial charge in [-0.2, -0.15) is 13.2 Å². The maximum absolute atomic E-state index is 12.4. The van der Waals surface area contributed by atoms with Gasteiger partial charge in [-0.15, -0.1) is 0 Å². The highest BCUT2D eigenvalue weighted by molar-refractivity contribution is 5.35. The molecule has 3 nitrogen and oxygen atoms in total. The zero-order valence-corrected chi connectivity index (χ0v) is 9.80. The van der Waals surface area contributed by atoms with Gasteiger partial charge in [0.05, 0.1) is 0 Å². The molecule has 0 aliphatic heterocycles. The van der Waals surface area contributed by atoms with Gasteiger partial charge in [0.15, 0.2) is 0 Å². The number of nitrogens with zero attached hydrogens (tertiary/aromatic N) is 1. The molecule has 0 spiro atoms. The highest BCUT2D eigenvalue weighted by atomic mass is 19.4. The molecule has 2 N–H and O–H groups in total. The SMILES string of the molecule is CC(C)NCCNc1cccc(C(F)(F)F)n1. The maximum atomic E-state index is 12.4. The van der Waals surface area contributed by atoms with Crippen molar-refractivity contribution in [2.45, 2.75) is 26.1 Å². The molecule has 0 aromatic carbocycles. The summed E-state index contributed by atoms with van der Waals surface area (Å²) in [5.74, 6) is 0.241. The van der Waals surface area contributed by atoms with E-state index >= 15 is 0 Å². The van der Waals surface area contributed by atoms with Crippen molar-refractivity contribution in [2.75, 3.05) is 18.4 Å². The molecule has 6 heteroatoms. The summed E-state index contributed by atoms with van der Waals surface area (Å²) in [7, 11) is 0. The number of alkyl halides is 3. The quantitative estimate of drug-likeness (QED) is 0.785. The van der Waals surface area contributed by atoms with E-state index in [1.807, 2.05) is 13.8 Å². The first-order valence-corrected chi connectivity index (χ1v) is 5.41. The van der Waals surface area contributed by atoms with E-state index < -0.39 is 11.9 Å². The zero-order valence-electron chi connectivity index (χ0n) is 9.80. The number of anilines is 1. The van der Waals surface area contributed by atoms with Gasteiger partial charge in [-0.1, -0.05) is 19.9 Å². The summed E-state index contributed by atoms with van der Waals surface area (Å²) >= 11 is 0. The van der Waals surface area contributed by atoms with Crippen LogP contribution in [0, 0.1) is 0 Å². The van der Waals surface area contributed by atoms with Crippen molar-refractivity contribution >= 4 is 5.82 Å². The van der Waals surface area contributed by atoms with Crippen LogP contribution in [-0.4, -0.2) is 24.1 Å². The summed E-state index contributed by atoms with van der Waals surface area (Å²) in [6, 6.07) is 4.17. The molecule has 0 radical (unpaired) electrons. The van der Waals surface area contributed by atoms with Crippen LogP contribution in [0.2, 0.25) is 0 Å². The molecule has 0 atom stereocenters. The van der Waals surface area contributed by atoms with Crippen molar-refractivity contribution in [3.05, 3.63) is 23.9 Å². The minimum Gasteiger partial charge on any atom is -0.369 e. The fourth-order valence-electron chi connectivity index (χ4n) is 1.24. The van der Waals surface area contributed by atoms with Crippen LogP contribution in [0.25, 0.3) is 0 Å². The van der Waals surface area contributed by atoms with Gasteiger partial charge >= 0.3 is 6.18 Å². The van der Waals surface area contributed by atoms with Crippen LogP contribution in [0.1, 0.15) is 19.5 Å². The van der Waals surface area contributed by atoms with E-state index in [0.717, 1.165) is 6.07 Å². The van der Waals surface area contributed by atoms with Crippen LogP contribution in [0.3, 0.4) is 0 Å². The van der Waals surface area contributed by atoms with E-state index in [1.165, 1.54) is 12.1 Å². The van der Waals surface area contributed by atoms with E-state index in [1.54, 1.807) is 0 Å². The van der Waals surface area contributed by atoms with Crippen LogP contribution in [-0.2, 0) is 6.18 Å². The Hall–Kier alpha value is -1.30. The van der Waals surface area contributed by atoms with E-state index in [-0.39, 0.29) is 5.82 Å². The summed E-state index contributed by atoms with van der Waals surface area (Å²) in [5, 5.41) is 5.99. The molecule has 1 heterocycles. The minimum atomic E-state index is -4.39. The van der Waals surface area contributed by atoms with Gasteiger partial charge in [0.1, 0.15) is 11.5 Å². The lowest BCUT2D eigenvalue weighted by Crippen LogP contribution is -2.28. The summed E-state index contributed by atoms with van der Waals surface area (Å²) in [6.07, 6.45) is -4.39. The van der Waals surface area contributed by atoms with E-state index in [0.29, 0.717) is 19.1 Å². The standard InChI is InChI=1S/C11H16F3N3/c1-8(2)15-6-7-16-10-5-3-4-9(17-10)11(12,13)14/h3-5,8,15H,6-7H2,1-2H3,(H,16,17). The molecule has 0 unspecified atom stereocenters. The third kappa shape index (κ3) is 5.04. The van der Waals surface area contributed by atoms with Crippen molar-refractivity contribution in [3.63, 3.8) is 0 Å². The van der Waals surface area contributed by atoms with E-state index in [2.05, 4.69) is 15.6 Å². The Labute approximate surface area is 98.4 Å². The lowest BCUT2D eigenvalue weighted by molar-refractivity contribution is -0.141. The maximum Gasteiger partial charge on any atom is 0.433 e. The largest absolute Gasteiger partial charge is 0.433 e. The van der Waals surface area contributed by atoms with Gasteiger partial charge in [0, 0.05) is 19.1 Å². The van der Waals surface area contributed by atoms with Crippen molar-refractivity contribution in [3.8, 4) is 0 Å². The van der Waals surface area contributed by atoms with Crippen LogP contribution in [0.5, 0.6) is 0 Å². The monoisotopic (exact) mass is 247 g/mol. The predicted molar refractivity (Wildman–Crippen MR) is 60.9 cm³/mol. The normalized spacial score (nSPS) is 11.9. The first-order chi connectivity index (χ1) is 7.89. The highest BCUT2D eigenvalue weighted by Crippen LogP contribution is 2.27. The Balaban J connectivity index is 2.49. The second kappa shape index (κ2) is 5.86. The van der Waals surface area contributed by atoms with Crippen molar-refractivity contribution in [1.29, 1.82) is 0 Å². The first kappa shape index (κ1) is 13.8. The summed E-state index contributed by atoms with van der Waals surface area (Å²) in [5.41, 5.74) is -0.876. The third-order valence-electron chi connectivity index (χ3n) is 2.02. The Morgan fingerprint density at radius 3 is 2.53 bits per heavy atom. The zero-order chi connectivity index (χ0) is 12.9.